The largest absolute Gasteiger partial charge is 0.368 e. The highest BCUT2D eigenvalue weighted by Crippen LogP contribution is 2.19. The van der Waals surface area contributed by atoms with Gasteiger partial charge in [-0.2, -0.15) is 0 Å². The van der Waals surface area contributed by atoms with Gasteiger partial charge in [0.05, 0.1) is 0 Å². The van der Waals surface area contributed by atoms with Gasteiger partial charge >= 0.3 is 0 Å². The first-order valence-electron chi connectivity index (χ1n) is 7.93. The summed E-state index contributed by atoms with van der Waals surface area (Å²) in [5.74, 6) is 0.151. The number of hydrogen-bond donors (Lipinski definition) is 2. The topological polar surface area (TPSA) is 67.4 Å². The lowest BCUT2D eigenvalue weighted by molar-refractivity contribution is -0.127. The number of rotatable bonds is 6. The van der Waals surface area contributed by atoms with Gasteiger partial charge in [-0.15, -0.1) is 0 Å². The van der Waals surface area contributed by atoms with Crippen LogP contribution in [0.5, 0.6) is 0 Å². The van der Waals surface area contributed by atoms with Gasteiger partial charge in [0.15, 0.2) is 0 Å². The van der Waals surface area contributed by atoms with Crippen LogP contribution < -0.4 is 10.6 Å². The van der Waals surface area contributed by atoms with Gasteiger partial charge in [0.1, 0.15) is 6.10 Å². The zero-order chi connectivity index (χ0) is 17.6. The molecule has 0 fully saturated rings. The quantitative estimate of drug-likeness (QED) is 0.840. The molecule has 0 saturated heterocycles. The van der Waals surface area contributed by atoms with Crippen LogP contribution in [-0.4, -0.2) is 24.5 Å². The molecule has 0 unspecified atom stereocenters. The van der Waals surface area contributed by atoms with E-state index in [9.17, 15) is 9.59 Å². The summed E-state index contributed by atoms with van der Waals surface area (Å²) in [6, 6.07) is 7.04. The van der Waals surface area contributed by atoms with E-state index in [1.54, 1.807) is 31.2 Å². The monoisotopic (exact) mass is 320 g/mol. The van der Waals surface area contributed by atoms with Crippen molar-refractivity contribution in [2.75, 3.05) is 17.2 Å². The standard InChI is InChI=1S/C18H28N2O3/c1-12(2)11-23-13(3)16(21)19-14-7-9-15(10-8-14)20-17(22)18(4,5)6/h7-10,12-13H,11H2,1-6H3,(H,19,21)(H,20,22)/t13-/m0/s1. The van der Waals surface area contributed by atoms with Crippen LogP contribution in [0.1, 0.15) is 41.5 Å². The van der Waals surface area contributed by atoms with Crippen LogP contribution in [0.25, 0.3) is 0 Å². The van der Waals surface area contributed by atoms with Crippen LogP contribution in [0, 0.1) is 11.3 Å². The fourth-order valence-corrected chi connectivity index (χ4v) is 1.61. The highest BCUT2D eigenvalue weighted by molar-refractivity contribution is 5.96. The molecule has 0 saturated carbocycles. The number of hydrogen-bond acceptors (Lipinski definition) is 3. The molecular formula is C18H28N2O3. The summed E-state index contributed by atoms with van der Waals surface area (Å²) in [5, 5.41) is 5.64. The van der Waals surface area contributed by atoms with Gasteiger partial charge in [-0.3, -0.25) is 9.59 Å². The Labute approximate surface area is 138 Å². The van der Waals surface area contributed by atoms with Gasteiger partial charge in [-0.05, 0) is 37.1 Å². The van der Waals surface area contributed by atoms with E-state index in [0.29, 0.717) is 23.9 Å². The molecule has 5 heteroatoms. The van der Waals surface area contributed by atoms with E-state index >= 15 is 0 Å². The molecule has 0 aromatic heterocycles. The summed E-state index contributed by atoms with van der Waals surface area (Å²) >= 11 is 0. The summed E-state index contributed by atoms with van der Waals surface area (Å²) in [5.41, 5.74) is 0.923. The second-order valence-corrected chi connectivity index (χ2v) is 7.14. The Hall–Kier alpha value is -1.88. The number of carbonyl (C=O) groups excluding carboxylic acids is 2. The minimum absolute atomic E-state index is 0.0509. The molecule has 1 aromatic carbocycles. The SMILES string of the molecule is CC(C)CO[C@@H](C)C(=O)Nc1ccc(NC(=O)C(C)(C)C)cc1. The zero-order valence-electron chi connectivity index (χ0n) is 14.9. The maximum atomic E-state index is 12.0. The molecule has 1 rings (SSSR count). The number of anilines is 2. The van der Waals surface area contributed by atoms with Crippen LogP contribution in [-0.2, 0) is 14.3 Å². The maximum absolute atomic E-state index is 12.0. The van der Waals surface area contributed by atoms with Gasteiger partial charge in [0.2, 0.25) is 5.91 Å². The number of carbonyl (C=O) groups is 2. The Morgan fingerprint density at radius 1 is 1.00 bits per heavy atom. The van der Waals surface area contributed by atoms with Crippen molar-refractivity contribution in [3.63, 3.8) is 0 Å². The summed E-state index contributed by atoms with van der Waals surface area (Å²) in [6.45, 7) is 11.9. The first kappa shape index (κ1) is 19.2. The minimum atomic E-state index is -0.502. The Morgan fingerprint density at radius 3 is 1.91 bits per heavy atom. The lowest BCUT2D eigenvalue weighted by Crippen LogP contribution is -2.29. The van der Waals surface area contributed by atoms with Crippen LogP contribution in [0.2, 0.25) is 0 Å². The molecule has 0 aliphatic rings. The second kappa shape index (κ2) is 8.11. The third-order valence-corrected chi connectivity index (χ3v) is 3.14. The van der Waals surface area contributed by atoms with Crippen molar-refractivity contribution in [2.45, 2.75) is 47.6 Å². The average molecular weight is 320 g/mol. The molecule has 0 aliphatic heterocycles. The van der Waals surface area contributed by atoms with E-state index in [1.807, 2.05) is 34.6 Å². The van der Waals surface area contributed by atoms with Crippen LogP contribution in [0.15, 0.2) is 24.3 Å². The zero-order valence-corrected chi connectivity index (χ0v) is 14.9. The van der Waals surface area contributed by atoms with E-state index in [2.05, 4.69) is 10.6 Å². The molecule has 0 bridgehead atoms. The lowest BCUT2D eigenvalue weighted by atomic mass is 9.95. The molecule has 128 valence electrons. The number of benzene rings is 1. The van der Waals surface area contributed by atoms with Gasteiger partial charge in [-0.25, -0.2) is 0 Å². The average Bonchev–Trinajstić information content (AvgIpc) is 2.45. The summed E-state index contributed by atoms with van der Waals surface area (Å²) in [4.78, 5) is 23.9. The van der Waals surface area contributed by atoms with Gasteiger partial charge < -0.3 is 15.4 Å². The van der Waals surface area contributed by atoms with Crippen LogP contribution in [0.4, 0.5) is 11.4 Å². The number of amides is 2. The Balaban J connectivity index is 2.57. The van der Waals surface area contributed by atoms with Crippen LogP contribution in [0.3, 0.4) is 0 Å². The second-order valence-electron chi connectivity index (χ2n) is 7.14. The Bertz CT molecular complexity index is 530. The lowest BCUT2D eigenvalue weighted by Gasteiger charge is -2.18. The molecule has 0 heterocycles. The summed E-state index contributed by atoms with van der Waals surface area (Å²) in [7, 11) is 0. The summed E-state index contributed by atoms with van der Waals surface area (Å²) in [6.07, 6.45) is -0.502. The molecule has 2 amide bonds. The molecule has 0 radical (unpaired) electrons. The fraction of sp³-hybridized carbons (Fsp3) is 0.556. The predicted molar refractivity (Wildman–Crippen MR) is 93.4 cm³/mol. The van der Waals surface area contributed by atoms with E-state index in [4.69, 9.17) is 4.74 Å². The number of ether oxygens (including phenoxy) is 1. The Kier molecular flexibility index (Phi) is 6.76. The van der Waals surface area contributed by atoms with E-state index in [0.717, 1.165) is 0 Å². The highest BCUT2D eigenvalue weighted by Gasteiger charge is 2.21. The van der Waals surface area contributed by atoms with E-state index in [-0.39, 0.29) is 11.8 Å². The molecule has 5 nitrogen and oxygen atoms in total. The third-order valence-electron chi connectivity index (χ3n) is 3.14. The van der Waals surface area contributed by atoms with Crippen molar-refractivity contribution < 1.29 is 14.3 Å². The summed E-state index contributed by atoms with van der Waals surface area (Å²) < 4.78 is 5.48. The Morgan fingerprint density at radius 2 is 1.48 bits per heavy atom. The third kappa shape index (κ3) is 6.82. The first-order chi connectivity index (χ1) is 10.6. The smallest absolute Gasteiger partial charge is 0.253 e. The van der Waals surface area contributed by atoms with Crippen molar-refractivity contribution in [2.24, 2.45) is 11.3 Å². The van der Waals surface area contributed by atoms with E-state index in [1.165, 1.54) is 0 Å². The molecule has 0 spiro atoms. The fourth-order valence-electron chi connectivity index (χ4n) is 1.61. The van der Waals surface area contributed by atoms with Gasteiger partial charge in [-0.1, -0.05) is 34.6 Å². The van der Waals surface area contributed by atoms with E-state index < -0.39 is 11.5 Å². The molecule has 1 aromatic rings. The van der Waals surface area contributed by atoms with Gasteiger partial charge in [0.25, 0.3) is 5.91 Å². The molecule has 2 N–H and O–H groups in total. The van der Waals surface area contributed by atoms with Crippen molar-refractivity contribution >= 4 is 23.2 Å². The molecule has 23 heavy (non-hydrogen) atoms. The normalized spacial score (nSPS) is 12.8. The molecule has 1 atom stereocenters. The van der Waals surface area contributed by atoms with Crippen LogP contribution >= 0.6 is 0 Å². The van der Waals surface area contributed by atoms with Crippen molar-refractivity contribution in [1.82, 2.24) is 0 Å². The minimum Gasteiger partial charge on any atom is -0.368 e. The van der Waals surface area contributed by atoms with Crippen molar-refractivity contribution in [3.05, 3.63) is 24.3 Å². The maximum Gasteiger partial charge on any atom is 0.253 e. The number of nitrogens with one attached hydrogen (secondary N) is 2. The molecule has 0 aliphatic carbocycles. The van der Waals surface area contributed by atoms with Gasteiger partial charge in [0, 0.05) is 23.4 Å². The molecular weight excluding hydrogens is 292 g/mol. The predicted octanol–water partition coefficient (Wildman–Crippen LogP) is 3.67. The van der Waals surface area contributed by atoms with Crippen molar-refractivity contribution in [3.8, 4) is 0 Å². The highest BCUT2D eigenvalue weighted by atomic mass is 16.5. The van der Waals surface area contributed by atoms with Crippen molar-refractivity contribution in [1.29, 1.82) is 0 Å². The first-order valence-corrected chi connectivity index (χ1v) is 7.93.